The van der Waals surface area contributed by atoms with Gasteiger partial charge in [0.25, 0.3) is 5.91 Å². The third-order valence-corrected chi connectivity index (χ3v) is 5.08. The van der Waals surface area contributed by atoms with Crippen LogP contribution in [0.1, 0.15) is 44.3 Å². The minimum atomic E-state index is -0.514. The quantitative estimate of drug-likeness (QED) is 0.926. The predicted octanol–water partition coefficient (Wildman–Crippen LogP) is 2.34. The number of hydrogen-bond donors (Lipinski definition) is 1. The van der Waals surface area contributed by atoms with Crippen LogP contribution in [0.3, 0.4) is 0 Å². The lowest BCUT2D eigenvalue weighted by Gasteiger charge is -2.34. The van der Waals surface area contributed by atoms with Gasteiger partial charge in [-0.15, -0.1) is 0 Å². The number of piperidine rings is 1. The Hall–Kier alpha value is -1.59. The number of hydrogen-bond acceptors (Lipinski definition) is 4. The van der Waals surface area contributed by atoms with Crippen molar-refractivity contribution in [2.24, 2.45) is 0 Å². The number of benzene rings is 1. The van der Waals surface area contributed by atoms with Crippen molar-refractivity contribution in [1.82, 2.24) is 4.90 Å². The third kappa shape index (κ3) is 3.51. The Bertz CT molecular complexity index is 575. The van der Waals surface area contributed by atoms with Gasteiger partial charge in [-0.3, -0.25) is 4.79 Å². The molecule has 0 saturated carbocycles. The molecule has 0 bridgehead atoms. The fraction of sp³-hybridized carbons (Fsp3) is 0.611. The summed E-state index contributed by atoms with van der Waals surface area (Å²) in [5, 5.41) is 10.5. The summed E-state index contributed by atoms with van der Waals surface area (Å²) in [6.45, 7) is 4.38. The highest BCUT2D eigenvalue weighted by Crippen LogP contribution is 2.34. The number of likely N-dealkylation sites (N-methyl/N-ethyl adjacent to an activating group) is 1. The molecule has 2 atom stereocenters. The molecule has 2 aliphatic rings. The van der Waals surface area contributed by atoms with Gasteiger partial charge in [-0.2, -0.15) is 0 Å². The van der Waals surface area contributed by atoms with Crippen molar-refractivity contribution in [3.63, 3.8) is 0 Å². The number of fused-ring (bicyclic) bond motifs is 1. The minimum absolute atomic E-state index is 0.0636. The molecule has 2 heterocycles. The second-order valence-corrected chi connectivity index (χ2v) is 6.65. The zero-order chi connectivity index (χ0) is 16.4. The Morgan fingerprint density at radius 3 is 3.00 bits per heavy atom. The number of nitrogens with zero attached hydrogens (tertiary/aromatic N) is 2. The molecule has 23 heavy (non-hydrogen) atoms. The molecule has 1 amide bonds. The van der Waals surface area contributed by atoms with E-state index in [1.165, 1.54) is 19.3 Å². The number of aliphatic hydroxyl groups excluding tert-OH is 1. The van der Waals surface area contributed by atoms with Crippen molar-refractivity contribution in [3.05, 3.63) is 23.8 Å². The third-order valence-electron chi connectivity index (χ3n) is 5.08. The highest BCUT2D eigenvalue weighted by Gasteiger charge is 2.24. The first-order valence-electron chi connectivity index (χ1n) is 8.51. The zero-order valence-electron chi connectivity index (χ0n) is 14.0. The standard InChI is InChI=1S/C18H26N2O3/c1-13-5-3-4-9-20(13)10-8-16(21)14-6-7-17-15(11-14)19(2)18(22)12-23-17/h6-7,11,13,16,21H,3-5,8-10,12H2,1-2H3. The van der Waals surface area contributed by atoms with Crippen molar-refractivity contribution < 1.29 is 14.6 Å². The Morgan fingerprint density at radius 2 is 2.22 bits per heavy atom. The molecule has 5 heteroatoms. The summed E-state index contributed by atoms with van der Waals surface area (Å²) in [6, 6.07) is 6.22. The van der Waals surface area contributed by atoms with Crippen LogP contribution in [0.25, 0.3) is 0 Å². The first kappa shape index (κ1) is 16.3. The molecule has 1 fully saturated rings. The summed E-state index contributed by atoms with van der Waals surface area (Å²) in [5.74, 6) is 0.638. The largest absolute Gasteiger partial charge is 0.482 e. The van der Waals surface area contributed by atoms with Gasteiger partial charge in [0.2, 0.25) is 0 Å². The zero-order valence-corrected chi connectivity index (χ0v) is 14.0. The molecule has 126 valence electrons. The van der Waals surface area contributed by atoms with E-state index in [9.17, 15) is 9.90 Å². The van der Waals surface area contributed by atoms with Crippen LogP contribution in [0.2, 0.25) is 0 Å². The van der Waals surface area contributed by atoms with Crippen molar-refractivity contribution >= 4 is 11.6 Å². The number of amides is 1. The summed E-state index contributed by atoms with van der Waals surface area (Å²) < 4.78 is 5.43. The Labute approximate surface area is 137 Å². The summed E-state index contributed by atoms with van der Waals surface area (Å²) in [6.07, 6.45) is 4.01. The van der Waals surface area contributed by atoms with E-state index in [-0.39, 0.29) is 12.5 Å². The molecule has 1 aromatic rings. The topological polar surface area (TPSA) is 53.0 Å². The SMILES string of the molecule is CC1CCCCN1CCC(O)c1ccc2c(c1)N(C)C(=O)CO2. The molecule has 2 unspecified atom stereocenters. The highest BCUT2D eigenvalue weighted by molar-refractivity contribution is 5.97. The fourth-order valence-electron chi connectivity index (χ4n) is 3.44. The molecule has 0 radical (unpaired) electrons. The van der Waals surface area contributed by atoms with Crippen LogP contribution in [-0.2, 0) is 4.79 Å². The highest BCUT2D eigenvalue weighted by atomic mass is 16.5. The Morgan fingerprint density at radius 1 is 1.39 bits per heavy atom. The minimum Gasteiger partial charge on any atom is -0.482 e. The van der Waals surface area contributed by atoms with E-state index in [4.69, 9.17) is 4.74 Å². The molecule has 0 aromatic heterocycles. The van der Waals surface area contributed by atoms with Gasteiger partial charge in [0.15, 0.2) is 6.61 Å². The lowest BCUT2D eigenvalue weighted by atomic mass is 10.0. The van der Waals surface area contributed by atoms with E-state index in [1.807, 2.05) is 18.2 Å². The van der Waals surface area contributed by atoms with Gasteiger partial charge >= 0.3 is 0 Å². The lowest BCUT2D eigenvalue weighted by Crippen LogP contribution is -2.38. The van der Waals surface area contributed by atoms with Crippen LogP contribution in [0, 0.1) is 0 Å². The first-order valence-corrected chi connectivity index (χ1v) is 8.51. The van der Waals surface area contributed by atoms with Crippen molar-refractivity contribution in [3.8, 4) is 5.75 Å². The van der Waals surface area contributed by atoms with E-state index in [0.29, 0.717) is 18.2 Å². The maximum atomic E-state index is 11.7. The summed E-state index contributed by atoms with van der Waals surface area (Å²) in [7, 11) is 1.75. The Balaban J connectivity index is 1.65. The van der Waals surface area contributed by atoms with E-state index in [0.717, 1.165) is 24.3 Å². The lowest BCUT2D eigenvalue weighted by molar-refractivity contribution is -0.120. The second kappa shape index (κ2) is 6.89. The average Bonchev–Trinajstić information content (AvgIpc) is 2.57. The van der Waals surface area contributed by atoms with Gasteiger partial charge in [0.1, 0.15) is 5.75 Å². The van der Waals surface area contributed by atoms with Gasteiger partial charge in [-0.25, -0.2) is 0 Å². The molecule has 3 rings (SSSR count). The number of carbonyl (C=O) groups excluding carboxylic acids is 1. The van der Waals surface area contributed by atoms with Crippen molar-refractivity contribution in [2.75, 3.05) is 31.6 Å². The molecule has 1 N–H and O–H groups in total. The van der Waals surface area contributed by atoms with Gasteiger partial charge in [-0.05, 0) is 50.4 Å². The van der Waals surface area contributed by atoms with Crippen LogP contribution in [-0.4, -0.2) is 48.7 Å². The summed E-state index contributed by atoms with van der Waals surface area (Å²) >= 11 is 0. The second-order valence-electron chi connectivity index (χ2n) is 6.65. The fourth-order valence-corrected chi connectivity index (χ4v) is 3.44. The molecule has 5 nitrogen and oxygen atoms in total. The summed E-state index contributed by atoms with van der Waals surface area (Å²) in [5.41, 5.74) is 1.59. The molecule has 1 aromatic carbocycles. The van der Waals surface area contributed by atoms with Crippen LogP contribution in [0.15, 0.2) is 18.2 Å². The smallest absolute Gasteiger partial charge is 0.264 e. The number of rotatable bonds is 4. The normalized spacial score (nSPS) is 23.3. The van der Waals surface area contributed by atoms with E-state index >= 15 is 0 Å². The predicted molar refractivity (Wildman–Crippen MR) is 89.8 cm³/mol. The maximum Gasteiger partial charge on any atom is 0.264 e. The number of likely N-dealkylation sites (tertiary alicyclic amines) is 1. The van der Waals surface area contributed by atoms with E-state index < -0.39 is 6.10 Å². The number of carbonyl (C=O) groups is 1. The van der Waals surface area contributed by atoms with E-state index in [1.54, 1.807) is 11.9 Å². The van der Waals surface area contributed by atoms with Gasteiger partial charge in [-0.1, -0.05) is 12.5 Å². The van der Waals surface area contributed by atoms with Crippen molar-refractivity contribution in [2.45, 2.75) is 44.8 Å². The van der Waals surface area contributed by atoms with Crippen LogP contribution >= 0.6 is 0 Å². The first-order chi connectivity index (χ1) is 11.1. The van der Waals surface area contributed by atoms with Gasteiger partial charge in [0.05, 0.1) is 11.8 Å². The summed E-state index contributed by atoms with van der Waals surface area (Å²) in [4.78, 5) is 15.8. The maximum absolute atomic E-state index is 11.7. The van der Waals surface area contributed by atoms with Gasteiger partial charge in [0, 0.05) is 19.6 Å². The van der Waals surface area contributed by atoms with E-state index in [2.05, 4.69) is 11.8 Å². The average molecular weight is 318 g/mol. The molecular weight excluding hydrogens is 292 g/mol. The molecular formula is C18H26N2O3. The van der Waals surface area contributed by atoms with Crippen LogP contribution in [0.4, 0.5) is 5.69 Å². The van der Waals surface area contributed by atoms with Gasteiger partial charge < -0.3 is 19.6 Å². The Kier molecular flexibility index (Phi) is 4.87. The number of anilines is 1. The van der Waals surface area contributed by atoms with Crippen LogP contribution in [0.5, 0.6) is 5.75 Å². The molecule has 0 spiro atoms. The van der Waals surface area contributed by atoms with Crippen LogP contribution < -0.4 is 9.64 Å². The van der Waals surface area contributed by atoms with Crippen molar-refractivity contribution in [1.29, 1.82) is 0 Å². The molecule has 2 aliphatic heterocycles. The molecule has 0 aliphatic carbocycles. The number of ether oxygens (including phenoxy) is 1. The monoisotopic (exact) mass is 318 g/mol. The molecule has 1 saturated heterocycles. The number of aliphatic hydroxyl groups is 1.